The molecule has 3 amide bonds. The molecular weight excluding hydrogens is 278 g/mol. The number of rotatable bonds is 5. The highest BCUT2D eigenvalue weighted by Crippen LogP contribution is 2.33. The van der Waals surface area contributed by atoms with E-state index >= 15 is 0 Å². The molecule has 0 aromatic heterocycles. The van der Waals surface area contributed by atoms with Crippen LogP contribution in [0.15, 0.2) is 30.3 Å². The quantitative estimate of drug-likeness (QED) is 0.875. The minimum atomic E-state index is -0.660. The van der Waals surface area contributed by atoms with Crippen molar-refractivity contribution in [1.82, 2.24) is 10.2 Å². The van der Waals surface area contributed by atoms with E-state index in [4.69, 9.17) is 5.73 Å². The molecule has 1 fully saturated rings. The van der Waals surface area contributed by atoms with Crippen molar-refractivity contribution < 1.29 is 9.59 Å². The summed E-state index contributed by atoms with van der Waals surface area (Å²) in [5.41, 5.74) is 6.39. The molecule has 22 heavy (non-hydrogen) atoms. The Kier molecular flexibility index (Phi) is 5.41. The lowest BCUT2D eigenvalue weighted by Gasteiger charge is -2.33. The maximum absolute atomic E-state index is 12.6. The molecule has 0 bridgehead atoms. The van der Waals surface area contributed by atoms with Gasteiger partial charge in [0.15, 0.2) is 0 Å². The van der Waals surface area contributed by atoms with Crippen LogP contribution >= 0.6 is 0 Å². The standard InChI is InChI=1S/C17H25N3O2/c1-3-14(13-8-5-4-6-9-13)15-10-7-11-20(15)16(21)12(2)19-17(18)22/h4-6,8-9,12,14-15H,3,7,10-11H2,1-2H3,(H3,18,19,22). The van der Waals surface area contributed by atoms with Crippen LogP contribution in [0.1, 0.15) is 44.6 Å². The van der Waals surface area contributed by atoms with Gasteiger partial charge in [-0.3, -0.25) is 4.79 Å². The molecule has 0 radical (unpaired) electrons. The maximum atomic E-state index is 12.6. The van der Waals surface area contributed by atoms with Gasteiger partial charge >= 0.3 is 6.03 Å². The first-order valence-corrected chi connectivity index (χ1v) is 7.96. The third kappa shape index (κ3) is 3.59. The molecule has 1 heterocycles. The third-order valence-corrected chi connectivity index (χ3v) is 4.44. The molecule has 3 unspecified atom stereocenters. The summed E-state index contributed by atoms with van der Waals surface area (Å²) in [4.78, 5) is 25.5. The van der Waals surface area contributed by atoms with Crippen LogP contribution in [0.5, 0.6) is 0 Å². The van der Waals surface area contributed by atoms with E-state index in [2.05, 4.69) is 24.4 Å². The molecular formula is C17H25N3O2. The zero-order valence-electron chi connectivity index (χ0n) is 13.3. The minimum Gasteiger partial charge on any atom is -0.352 e. The average molecular weight is 303 g/mol. The largest absolute Gasteiger partial charge is 0.352 e. The predicted molar refractivity (Wildman–Crippen MR) is 86.4 cm³/mol. The molecule has 1 aromatic carbocycles. The second-order valence-electron chi connectivity index (χ2n) is 5.90. The zero-order valence-corrected chi connectivity index (χ0v) is 13.3. The summed E-state index contributed by atoms with van der Waals surface area (Å²) in [6.07, 6.45) is 2.99. The van der Waals surface area contributed by atoms with Crippen LogP contribution in [0, 0.1) is 0 Å². The van der Waals surface area contributed by atoms with Gasteiger partial charge in [-0.05, 0) is 31.7 Å². The molecule has 5 heteroatoms. The van der Waals surface area contributed by atoms with Gasteiger partial charge in [-0.1, -0.05) is 37.3 Å². The Morgan fingerprint density at radius 2 is 2.05 bits per heavy atom. The van der Waals surface area contributed by atoms with Gasteiger partial charge in [-0.25, -0.2) is 4.79 Å². The number of benzene rings is 1. The summed E-state index contributed by atoms with van der Waals surface area (Å²) in [5, 5.41) is 2.48. The fourth-order valence-corrected chi connectivity index (χ4v) is 3.44. The molecule has 3 N–H and O–H groups in total. The highest BCUT2D eigenvalue weighted by atomic mass is 16.2. The highest BCUT2D eigenvalue weighted by Gasteiger charge is 2.36. The number of nitrogens with two attached hydrogens (primary N) is 1. The summed E-state index contributed by atoms with van der Waals surface area (Å²) in [7, 11) is 0. The predicted octanol–water partition coefficient (Wildman–Crippen LogP) is 2.23. The normalized spacial score (nSPS) is 20.5. The Balaban J connectivity index is 2.15. The van der Waals surface area contributed by atoms with Gasteiger partial charge in [-0.15, -0.1) is 0 Å². The molecule has 1 saturated heterocycles. The zero-order chi connectivity index (χ0) is 16.1. The molecule has 120 valence electrons. The van der Waals surface area contributed by atoms with Crippen molar-refractivity contribution in [1.29, 1.82) is 0 Å². The number of likely N-dealkylation sites (tertiary alicyclic amines) is 1. The van der Waals surface area contributed by atoms with E-state index < -0.39 is 12.1 Å². The molecule has 1 aromatic rings. The van der Waals surface area contributed by atoms with E-state index in [1.165, 1.54) is 5.56 Å². The van der Waals surface area contributed by atoms with Crippen molar-refractivity contribution in [2.75, 3.05) is 6.54 Å². The van der Waals surface area contributed by atoms with Crippen molar-refractivity contribution in [2.24, 2.45) is 5.73 Å². The monoisotopic (exact) mass is 303 g/mol. The van der Waals surface area contributed by atoms with Crippen LogP contribution in [0.4, 0.5) is 4.79 Å². The lowest BCUT2D eigenvalue weighted by molar-refractivity contribution is -0.134. The number of primary amides is 1. The summed E-state index contributed by atoms with van der Waals surface area (Å²) in [6, 6.07) is 9.29. The van der Waals surface area contributed by atoms with Crippen molar-refractivity contribution in [3.05, 3.63) is 35.9 Å². The Bertz CT molecular complexity index is 518. The van der Waals surface area contributed by atoms with Crippen LogP contribution in [-0.2, 0) is 4.79 Å². The number of carbonyl (C=O) groups excluding carboxylic acids is 2. The van der Waals surface area contributed by atoms with Crippen molar-refractivity contribution in [3.8, 4) is 0 Å². The van der Waals surface area contributed by atoms with Crippen LogP contribution in [-0.4, -0.2) is 35.5 Å². The SMILES string of the molecule is CCC(c1ccccc1)C1CCCN1C(=O)C(C)NC(N)=O. The summed E-state index contributed by atoms with van der Waals surface area (Å²) in [5.74, 6) is 0.282. The first-order chi connectivity index (χ1) is 10.5. The van der Waals surface area contributed by atoms with Gasteiger partial charge in [0.05, 0.1) is 0 Å². The maximum Gasteiger partial charge on any atom is 0.312 e. The minimum absolute atomic E-state index is 0.0457. The van der Waals surface area contributed by atoms with Crippen LogP contribution < -0.4 is 11.1 Å². The lowest BCUT2D eigenvalue weighted by Crippen LogP contribution is -2.50. The molecule has 0 saturated carbocycles. The molecule has 5 nitrogen and oxygen atoms in total. The van der Waals surface area contributed by atoms with Crippen molar-refractivity contribution in [3.63, 3.8) is 0 Å². The van der Waals surface area contributed by atoms with E-state index in [0.29, 0.717) is 5.92 Å². The average Bonchev–Trinajstić information content (AvgIpc) is 2.97. The van der Waals surface area contributed by atoms with Crippen LogP contribution in [0.3, 0.4) is 0 Å². The fraction of sp³-hybridized carbons (Fsp3) is 0.529. The van der Waals surface area contributed by atoms with Gasteiger partial charge in [-0.2, -0.15) is 0 Å². The van der Waals surface area contributed by atoms with E-state index in [1.807, 2.05) is 23.1 Å². The Hall–Kier alpha value is -2.04. The first-order valence-electron chi connectivity index (χ1n) is 7.96. The summed E-state index contributed by atoms with van der Waals surface area (Å²) >= 11 is 0. The van der Waals surface area contributed by atoms with Crippen molar-refractivity contribution >= 4 is 11.9 Å². The van der Waals surface area contributed by atoms with Crippen molar-refractivity contribution in [2.45, 2.75) is 51.1 Å². The molecule has 2 rings (SSSR count). The highest BCUT2D eigenvalue weighted by molar-refractivity contribution is 5.86. The van der Waals surface area contributed by atoms with E-state index in [1.54, 1.807) is 6.92 Å². The van der Waals surface area contributed by atoms with Crippen LogP contribution in [0.2, 0.25) is 0 Å². The van der Waals surface area contributed by atoms with Gasteiger partial charge in [0.25, 0.3) is 0 Å². The van der Waals surface area contributed by atoms with E-state index in [-0.39, 0.29) is 11.9 Å². The molecule has 3 atom stereocenters. The Morgan fingerprint density at radius 3 is 2.64 bits per heavy atom. The molecule has 1 aliphatic rings. The molecule has 1 aliphatic heterocycles. The first kappa shape index (κ1) is 16.3. The Labute approximate surface area is 131 Å². The number of amides is 3. The molecule has 0 spiro atoms. The second-order valence-corrected chi connectivity index (χ2v) is 5.90. The lowest BCUT2D eigenvalue weighted by atomic mass is 9.87. The number of nitrogens with one attached hydrogen (secondary N) is 1. The van der Waals surface area contributed by atoms with E-state index in [9.17, 15) is 9.59 Å². The second kappa shape index (κ2) is 7.29. The smallest absolute Gasteiger partial charge is 0.312 e. The summed E-state index contributed by atoms with van der Waals surface area (Å²) < 4.78 is 0. The van der Waals surface area contributed by atoms with Gasteiger partial charge < -0.3 is 16.0 Å². The number of carbonyl (C=O) groups is 2. The molecule has 0 aliphatic carbocycles. The van der Waals surface area contributed by atoms with Gasteiger partial charge in [0, 0.05) is 18.5 Å². The third-order valence-electron chi connectivity index (χ3n) is 4.44. The van der Waals surface area contributed by atoms with Crippen LogP contribution in [0.25, 0.3) is 0 Å². The fourth-order valence-electron chi connectivity index (χ4n) is 3.44. The van der Waals surface area contributed by atoms with E-state index in [0.717, 1.165) is 25.8 Å². The van der Waals surface area contributed by atoms with Gasteiger partial charge in [0.1, 0.15) is 6.04 Å². The number of nitrogens with zero attached hydrogens (tertiary/aromatic N) is 1. The number of hydrogen-bond acceptors (Lipinski definition) is 2. The number of urea groups is 1. The topological polar surface area (TPSA) is 75.4 Å². The summed E-state index contributed by atoms with van der Waals surface area (Å²) in [6.45, 7) is 4.59. The number of hydrogen-bond donors (Lipinski definition) is 2. The van der Waals surface area contributed by atoms with Gasteiger partial charge in [0.2, 0.25) is 5.91 Å². The Morgan fingerprint density at radius 1 is 1.36 bits per heavy atom.